The van der Waals surface area contributed by atoms with Crippen LogP contribution in [-0.2, 0) is 4.57 Å². The molecule has 0 bridgehead atoms. The largest absolute Gasteiger partial charge is 0.307 e. The Kier molecular flexibility index (Phi) is 12.7. The topological polar surface area (TPSA) is 51.2 Å². The third-order valence-corrected chi connectivity index (χ3v) is 11.8. The monoisotopic (exact) mass is 622 g/mol. The zero-order valence-electron chi connectivity index (χ0n) is 30.9. The smallest absolute Gasteiger partial charge is 0.229 e. The third-order valence-electron chi connectivity index (χ3n) is 8.88. The molecule has 0 saturated heterocycles. The van der Waals surface area contributed by atoms with Crippen molar-refractivity contribution < 1.29 is 14.2 Å². The summed E-state index contributed by atoms with van der Waals surface area (Å²) in [5.74, 6) is 0.694. The van der Waals surface area contributed by atoms with Crippen LogP contribution in [0.15, 0.2) is 24.3 Å². The van der Waals surface area contributed by atoms with Crippen LogP contribution < -0.4 is 0 Å². The minimum absolute atomic E-state index is 0.0213. The molecule has 0 aromatic heterocycles. The van der Waals surface area contributed by atoms with Gasteiger partial charge in [-0.3, -0.25) is 9.59 Å². The quantitative estimate of drug-likeness (QED) is 0.209. The first-order chi connectivity index (χ1) is 20.0. The van der Waals surface area contributed by atoms with Crippen molar-refractivity contribution in [2.45, 2.75) is 153 Å². The third kappa shape index (κ3) is 8.63. The van der Waals surface area contributed by atoms with Crippen LogP contribution in [0.4, 0.5) is 0 Å². The fraction of sp³-hybridized carbons (Fsp3) is 0.650. The van der Waals surface area contributed by atoms with E-state index >= 15 is 14.2 Å². The summed E-state index contributed by atoms with van der Waals surface area (Å²) >= 11 is 0. The van der Waals surface area contributed by atoms with Gasteiger partial charge in [0.15, 0.2) is 0 Å². The van der Waals surface area contributed by atoms with E-state index in [1.807, 2.05) is 0 Å². The van der Waals surface area contributed by atoms with Gasteiger partial charge >= 0.3 is 0 Å². The van der Waals surface area contributed by atoms with Crippen molar-refractivity contribution in [1.82, 2.24) is 0 Å². The van der Waals surface area contributed by atoms with E-state index in [-0.39, 0.29) is 53.0 Å². The van der Waals surface area contributed by atoms with E-state index in [1.54, 1.807) is 0 Å². The van der Waals surface area contributed by atoms with E-state index < -0.39 is 18.2 Å². The molecule has 0 N–H and O–H groups in total. The second-order valence-corrected chi connectivity index (χ2v) is 19.1. The Morgan fingerprint density at radius 1 is 0.545 bits per heavy atom. The Labute approximate surface area is 270 Å². The van der Waals surface area contributed by atoms with Gasteiger partial charge in [0, 0.05) is 17.3 Å². The lowest BCUT2D eigenvalue weighted by Gasteiger charge is -2.30. The summed E-state index contributed by atoms with van der Waals surface area (Å²) < 4.78 is 15.7. The van der Waals surface area contributed by atoms with Crippen molar-refractivity contribution in [1.29, 1.82) is 0 Å². The summed E-state index contributed by atoms with van der Waals surface area (Å²) in [5, 5.41) is 0. The summed E-state index contributed by atoms with van der Waals surface area (Å²) in [6.45, 7) is 33.9. The van der Waals surface area contributed by atoms with Crippen molar-refractivity contribution >= 4 is 18.2 Å². The van der Waals surface area contributed by atoms with Crippen molar-refractivity contribution in [3.05, 3.63) is 68.8 Å². The number of rotatable bonds is 13. The highest BCUT2D eigenvalue weighted by atomic mass is 31.2. The maximum absolute atomic E-state index is 15.7. The van der Waals surface area contributed by atoms with Crippen LogP contribution in [0.1, 0.15) is 207 Å². The molecule has 0 fully saturated rings. The molecule has 0 spiro atoms. The van der Waals surface area contributed by atoms with Crippen molar-refractivity contribution in [3.8, 4) is 0 Å². The molecule has 0 aliphatic rings. The van der Waals surface area contributed by atoms with Crippen LogP contribution >= 0.6 is 7.14 Å². The van der Waals surface area contributed by atoms with E-state index in [9.17, 15) is 0 Å². The Morgan fingerprint density at radius 2 is 0.818 bits per heavy atom. The summed E-state index contributed by atoms with van der Waals surface area (Å²) in [4.78, 5) is 30.3. The first kappa shape index (κ1) is 38.2. The second kappa shape index (κ2) is 14.6. The standard InChI is InChI=1S/C40H63O3P/c1-23(2)30-17-32(25(5)6)36(33(18-30)26(7)8)38(41)44(43,22-29(13)21-40(14,15)16)39(42)37-34(27(9)10)19-31(24(3)4)20-35(37)28(11)12/h17-20,23-29H,21-22H2,1-16H3. The van der Waals surface area contributed by atoms with Gasteiger partial charge in [-0.15, -0.1) is 0 Å². The Bertz CT molecular complexity index is 1230. The average Bonchev–Trinajstić information content (AvgIpc) is 2.88. The minimum Gasteiger partial charge on any atom is -0.307 e. The number of benzene rings is 2. The zero-order chi connectivity index (χ0) is 34.1. The van der Waals surface area contributed by atoms with Crippen LogP contribution in [0.5, 0.6) is 0 Å². The van der Waals surface area contributed by atoms with E-state index in [2.05, 4.69) is 135 Å². The summed E-state index contributed by atoms with van der Waals surface area (Å²) in [6, 6.07) is 8.49. The molecule has 1 unspecified atom stereocenters. The van der Waals surface area contributed by atoms with E-state index in [4.69, 9.17) is 0 Å². The average molecular weight is 623 g/mol. The molecule has 1 atom stereocenters. The molecule has 0 radical (unpaired) electrons. The lowest BCUT2D eigenvalue weighted by atomic mass is 9.85. The van der Waals surface area contributed by atoms with Crippen LogP contribution in [0.2, 0.25) is 0 Å². The molecular weight excluding hydrogens is 559 g/mol. The maximum atomic E-state index is 15.7. The Balaban J connectivity index is 3.07. The normalized spacial score (nSPS) is 13.7. The molecule has 0 heterocycles. The molecule has 44 heavy (non-hydrogen) atoms. The van der Waals surface area contributed by atoms with Gasteiger partial charge in [-0.1, -0.05) is 135 Å². The molecule has 246 valence electrons. The second-order valence-electron chi connectivity index (χ2n) is 16.5. The first-order valence-electron chi connectivity index (χ1n) is 17.1. The van der Waals surface area contributed by atoms with Crippen LogP contribution in [0.25, 0.3) is 0 Å². The van der Waals surface area contributed by atoms with Gasteiger partial charge in [-0.2, -0.15) is 0 Å². The molecule has 2 rings (SSSR count). The molecular formula is C40H63O3P. The molecule has 0 aliphatic heterocycles. The summed E-state index contributed by atoms with van der Waals surface area (Å²) in [5.41, 5.74) is 6.11. The van der Waals surface area contributed by atoms with Gasteiger partial charge in [0.25, 0.3) is 0 Å². The minimum atomic E-state index is -4.11. The van der Waals surface area contributed by atoms with Gasteiger partial charge < -0.3 is 4.57 Å². The maximum Gasteiger partial charge on any atom is 0.229 e. The number of carbonyl (C=O) groups excluding carboxylic acids is 2. The molecule has 3 nitrogen and oxygen atoms in total. The van der Waals surface area contributed by atoms with Gasteiger partial charge in [0.1, 0.15) is 0 Å². The highest BCUT2D eigenvalue weighted by molar-refractivity contribution is 7.95. The molecule has 0 aliphatic carbocycles. The number of hydrogen-bond donors (Lipinski definition) is 0. The lowest BCUT2D eigenvalue weighted by Crippen LogP contribution is -2.24. The number of carbonyl (C=O) groups is 2. The van der Waals surface area contributed by atoms with Gasteiger partial charge in [0.05, 0.1) is 0 Å². The van der Waals surface area contributed by atoms with Gasteiger partial charge in [-0.05, 0) is 86.6 Å². The van der Waals surface area contributed by atoms with Crippen molar-refractivity contribution in [2.75, 3.05) is 6.16 Å². The molecule has 2 aromatic carbocycles. The molecule has 0 saturated carbocycles. The predicted molar refractivity (Wildman–Crippen MR) is 192 cm³/mol. The van der Waals surface area contributed by atoms with Crippen LogP contribution in [0.3, 0.4) is 0 Å². The molecule has 2 aromatic rings. The predicted octanol–water partition coefficient (Wildman–Crippen LogP) is 12.8. The summed E-state index contributed by atoms with van der Waals surface area (Å²) in [7, 11) is -4.11. The van der Waals surface area contributed by atoms with Crippen molar-refractivity contribution in [3.63, 3.8) is 0 Å². The highest BCUT2D eigenvalue weighted by Crippen LogP contribution is 2.57. The Morgan fingerprint density at radius 3 is 1.02 bits per heavy atom. The SMILES string of the molecule is CC(CC(C)(C)C)CP(=O)(C(=O)c1c(C(C)C)cc(C(C)C)cc1C(C)C)C(=O)c1c(C(C)C)cc(C(C)C)cc1C(C)C. The molecule has 0 amide bonds. The van der Waals surface area contributed by atoms with Crippen molar-refractivity contribution in [2.24, 2.45) is 11.3 Å². The van der Waals surface area contributed by atoms with E-state index in [1.165, 1.54) is 11.1 Å². The Hall–Kier alpha value is -1.99. The highest BCUT2D eigenvalue weighted by Gasteiger charge is 2.46. The fourth-order valence-corrected chi connectivity index (χ4v) is 9.34. The van der Waals surface area contributed by atoms with Crippen LogP contribution in [0, 0.1) is 11.3 Å². The zero-order valence-corrected chi connectivity index (χ0v) is 31.8. The summed E-state index contributed by atoms with van der Waals surface area (Å²) in [6.07, 6.45) is 0.863. The van der Waals surface area contributed by atoms with E-state index in [0.717, 1.165) is 28.7 Å². The van der Waals surface area contributed by atoms with Gasteiger partial charge in [-0.25, -0.2) is 0 Å². The lowest BCUT2D eigenvalue weighted by molar-refractivity contribution is 0.103. The van der Waals surface area contributed by atoms with Gasteiger partial charge in [0.2, 0.25) is 18.2 Å². The number of hydrogen-bond acceptors (Lipinski definition) is 3. The van der Waals surface area contributed by atoms with E-state index in [0.29, 0.717) is 11.1 Å². The first-order valence-corrected chi connectivity index (χ1v) is 19.0. The fourth-order valence-electron chi connectivity index (χ4n) is 6.57. The molecule has 4 heteroatoms. The van der Waals surface area contributed by atoms with Crippen LogP contribution in [-0.4, -0.2) is 17.2 Å².